The van der Waals surface area contributed by atoms with E-state index in [4.69, 9.17) is 0 Å². The molecule has 10 heteroatoms. The van der Waals surface area contributed by atoms with Gasteiger partial charge in [-0.05, 0) is 38.1 Å². The minimum Gasteiger partial charge on any atom is -0.480 e. The Hall–Kier alpha value is -1.10. The van der Waals surface area contributed by atoms with Crippen molar-refractivity contribution in [2.75, 3.05) is 0 Å². The molecule has 2 fully saturated rings. The summed E-state index contributed by atoms with van der Waals surface area (Å²) in [5.74, 6) is -1.59. The molecule has 2 aliphatic heterocycles. The van der Waals surface area contributed by atoms with Crippen molar-refractivity contribution in [1.29, 1.82) is 0 Å². The van der Waals surface area contributed by atoms with E-state index in [-0.39, 0.29) is 4.90 Å². The van der Waals surface area contributed by atoms with Crippen LogP contribution in [-0.2, 0) is 19.6 Å². The van der Waals surface area contributed by atoms with Crippen molar-refractivity contribution < 1.29 is 23.1 Å². The molecule has 0 unspecified atom stereocenters. The van der Waals surface area contributed by atoms with Gasteiger partial charge in [0, 0.05) is 9.22 Å². The van der Waals surface area contributed by atoms with Crippen molar-refractivity contribution in [2.45, 2.75) is 40.9 Å². The van der Waals surface area contributed by atoms with Crippen LogP contribution in [0.25, 0.3) is 0 Å². The molecule has 0 aromatic heterocycles. The van der Waals surface area contributed by atoms with Crippen molar-refractivity contribution in [1.82, 2.24) is 9.62 Å². The summed E-state index contributed by atoms with van der Waals surface area (Å²) in [6.07, 6.45) is 0. The first-order valence-corrected chi connectivity index (χ1v) is 10.2. The number of fused-ring (bicyclic) bond motifs is 1. The summed E-state index contributed by atoms with van der Waals surface area (Å²) in [7, 11) is -3.86. The number of aliphatic carboxylic acids is 1. The van der Waals surface area contributed by atoms with Crippen LogP contribution in [0.1, 0.15) is 13.8 Å². The monoisotopic (exact) mass is 434 g/mol. The molecule has 1 amide bonds. The smallest absolute Gasteiger partial charge is 0.327 e. The normalized spacial score (nSPS) is 28.4. The second kappa shape index (κ2) is 5.72. The van der Waals surface area contributed by atoms with E-state index < -0.39 is 44.1 Å². The van der Waals surface area contributed by atoms with E-state index in [1.807, 2.05) is 0 Å². The number of nitrogens with zero attached hydrogens (tertiary/aromatic N) is 1. The standard InChI is InChI=1S/C14H15BrN2O5S2/c1-14(2)10(13(19)20)17-11(18)9(12(17)23-14)16-24(21,22)8-5-3-7(15)4-6-8/h3-6,9-10,12,16H,1-2H3,(H,19,20)/t9-,10+,12-/m1/s1. The first-order valence-electron chi connectivity index (χ1n) is 7.05. The van der Waals surface area contributed by atoms with Crippen LogP contribution in [0.3, 0.4) is 0 Å². The molecule has 0 bridgehead atoms. The van der Waals surface area contributed by atoms with Crippen LogP contribution in [0.2, 0.25) is 0 Å². The van der Waals surface area contributed by atoms with E-state index in [9.17, 15) is 23.1 Å². The average Bonchev–Trinajstić information content (AvgIpc) is 2.74. The van der Waals surface area contributed by atoms with Crippen LogP contribution in [0.4, 0.5) is 0 Å². The predicted octanol–water partition coefficient (Wildman–Crippen LogP) is 1.24. The number of sulfonamides is 1. The van der Waals surface area contributed by atoms with Gasteiger partial charge >= 0.3 is 5.97 Å². The maximum Gasteiger partial charge on any atom is 0.327 e. The van der Waals surface area contributed by atoms with Crippen molar-refractivity contribution in [3.05, 3.63) is 28.7 Å². The number of carbonyl (C=O) groups is 2. The molecule has 2 saturated heterocycles. The van der Waals surface area contributed by atoms with E-state index >= 15 is 0 Å². The van der Waals surface area contributed by atoms with E-state index in [0.29, 0.717) is 0 Å². The number of thioether (sulfide) groups is 1. The first-order chi connectivity index (χ1) is 11.0. The Bertz CT molecular complexity index is 809. The molecule has 24 heavy (non-hydrogen) atoms. The van der Waals surface area contributed by atoms with Crippen LogP contribution < -0.4 is 4.72 Å². The molecule has 0 radical (unpaired) electrons. The number of nitrogens with one attached hydrogen (secondary N) is 1. The van der Waals surface area contributed by atoms with E-state index in [1.54, 1.807) is 26.0 Å². The molecule has 2 heterocycles. The Morgan fingerprint density at radius 2 is 1.92 bits per heavy atom. The zero-order chi connectivity index (χ0) is 17.9. The molecule has 1 aromatic rings. The Kier molecular flexibility index (Phi) is 4.22. The fourth-order valence-corrected chi connectivity index (χ4v) is 6.14. The maximum absolute atomic E-state index is 12.4. The lowest BCUT2D eigenvalue weighted by Crippen LogP contribution is -2.70. The highest BCUT2D eigenvalue weighted by molar-refractivity contribution is 9.10. The van der Waals surface area contributed by atoms with E-state index in [0.717, 1.165) is 4.47 Å². The number of halogens is 1. The Labute approximate surface area is 152 Å². The maximum atomic E-state index is 12.4. The summed E-state index contributed by atoms with van der Waals surface area (Å²) >= 11 is 4.53. The number of carbonyl (C=O) groups excluding carboxylic acids is 1. The first kappa shape index (κ1) is 17.7. The Balaban J connectivity index is 1.82. The van der Waals surface area contributed by atoms with Gasteiger partial charge in [0.2, 0.25) is 15.9 Å². The van der Waals surface area contributed by atoms with Gasteiger partial charge in [-0.25, -0.2) is 13.2 Å². The van der Waals surface area contributed by atoms with Crippen molar-refractivity contribution >= 4 is 49.6 Å². The van der Waals surface area contributed by atoms with Crippen LogP contribution in [0, 0.1) is 0 Å². The highest BCUT2D eigenvalue weighted by atomic mass is 79.9. The van der Waals surface area contributed by atoms with Gasteiger partial charge in [0.1, 0.15) is 17.5 Å². The number of carboxylic acids is 1. The van der Waals surface area contributed by atoms with Crippen LogP contribution >= 0.6 is 27.7 Å². The third-order valence-corrected chi connectivity index (χ3v) is 7.64. The van der Waals surface area contributed by atoms with Gasteiger partial charge in [-0.1, -0.05) is 15.9 Å². The number of amides is 1. The second-order valence-corrected chi connectivity index (χ2v) is 10.6. The molecule has 130 valence electrons. The highest BCUT2D eigenvalue weighted by Crippen LogP contribution is 2.50. The molecule has 3 atom stereocenters. The van der Waals surface area contributed by atoms with Crippen LogP contribution in [-0.4, -0.2) is 52.5 Å². The number of β-lactam (4-membered cyclic amide) rings is 1. The molecule has 0 spiro atoms. The molecular weight excluding hydrogens is 420 g/mol. The average molecular weight is 435 g/mol. The summed E-state index contributed by atoms with van der Waals surface area (Å²) in [4.78, 5) is 25.1. The highest BCUT2D eigenvalue weighted by Gasteiger charge is 2.64. The van der Waals surface area contributed by atoms with Gasteiger partial charge in [-0.15, -0.1) is 11.8 Å². The van der Waals surface area contributed by atoms with Gasteiger partial charge < -0.3 is 10.0 Å². The van der Waals surface area contributed by atoms with Gasteiger partial charge in [0.05, 0.1) is 4.90 Å². The third kappa shape index (κ3) is 2.75. The number of hydrogen-bond acceptors (Lipinski definition) is 5. The third-order valence-electron chi connectivity index (χ3n) is 4.08. The molecule has 2 N–H and O–H groups in total. The molecule has 2 aliphatic rings. The van der Waals surface area contributed by atoms with E-state index in [1.165, 1.54) is 28.8 Å². The van der Waals surface area contributed by atoms with Crippen molar-refractivity contribution in [3.8, 4) is 0 Å². The van der Waals surface area contributed by atoms with Crippen LogP contribution in [0.5, 0.6) is 0 Å². The minimum absolute atomic E-state index is 0.0500. The quantitative estimate of drug-likeness (QED) is 0.690. The van der Waals surface area contributed by atoms with Gasteiger partial charge in [-0.2, -0.15) is 4.72 Å². The second-order valence-electron chi connectivity index (χ2n) is 6.15. The summed E-state index contributed by atoms with van der Waals surface area (Å²) < 4.78 is 27.3. The zero-order valence-electron chi connectivity index (χ0n) is 12.8. The number of hydrogen-bond donors (Lipinski definition) is 2. The van der Waals surface area contributed by atoms with Crippen LogP contribution in [0.15, 0.2) is 33.6 Å². The fourth-order valence-electron chi connectivity index (χ4n) is 2.97. The molecule has 3 rings (SSSR count). The minimum atomic E-state index is -3.86. The summed E-state index contributed by atoms with van der Waals surface area (Å²) in [5.41, 5.74) is 0. The Morgan fingerprint density at radius 3 is 2.46 bits per heavy atom. The molecular formula is C14H15BrN2O5S2. The molecule has 0 saturated carbocycles. The molecule has 1 aromatic carbocycles. The molecule has 7 nitrogen and oxygen atoms in total. The van der Waals surface area contributed by atoms with Gasteiger partial charge in [0.25, 0.3) is 0 Å². The predicted molar refractivity (Wildman–Crippen MR) is 92.0 cm³/mol. The van der Waals surface area contributed by atoms with Crippen molar-refractivity contribution in [3.63, 3.8) is 0 Å². The van der Waals surface area contributed by atoms with Gasteiger partial charge in [-0.3, -0.25) is 4.79 Å². The number of benzene rings is 1. The largest absolute Gasteiger partial charge is 0.480 e. The fraction of sp³-hybridized carbons (Fsp3) is 0.429. The molecule has 0 aliphatic carbocycles. The summed E-state index contributed by atoms with van der Waals surface area (Å²) in [6, 6.07) is 4.13. The van der Waals surface area contributed by atoms with Gasteiger partial charge in [0.15, 0.2) is 0 Å². The lowest BCUT2D eigenvalue weighted by atomic mass is 9.96. The summed E-state index contributed by atoms with van der Waals surface area (Å²) in [6.45, 7) is 3.48. The topological polar surface area (TPSA) is 104 Å². The Morgan fingerprint density at radius 1 is 1.33 bits per heavy atom. The van der Waals surface area contributed by atoms with Crippen molar-refractivity contribution in [2.24, 2.45) is 0 Å². The zero-order valence-corrected chi connectivity index (χ0v) is 16.0. The SMILES string of the molecule is CC1(C)S[C@@H]2[C@H](NS(=O)(=O)c3ccc(Br)cc3)C(=O)N2[C@H]1C(=O)O. The number of rotatable bonds is 4. The summed E-state index contributed by atoms with van der Waals surface area (Å²) in [5, 5.41) is 8.85. The lowest BCUT2D eigenvalue weighted by molar-refractivity contribution is -0.159. The number of carboxylic acid groups (broad SMARTS) is 1. The van der Waals surface area contributed by atoms with E-state index in [2.05, 4.69) is 20.7 Å². The lowest BCUT2D eigenvalue weighted by Gasteiger charge is -2.43.